The van der Waals surface area contributed by atoms with Crippen LogP contribution >= 0.6 is 12.2 Å². The summed E-state index contributed by atoms with van der Waals surface area (Å²) in [6, 6.07) is 6.98. The highest BCUT2D eigenvalue weighted by Crippen LogP contribution is 2.25. The Hall–Kier alpha value is -2.75. The van der Waals surface area contributed by atoms with Crippen molar-refractivity contribution in [2.75, 3.05) is 38.2 Å². The van der Waals surface area contributed by atoms with Crippen molar-refractivity contribution in [3.8, 4) is 0 Å². The van der Waals surface area contributed by atoms with Crippen LogP contribution in [0.2, 0.25) is 0 Å². The minimum absolute atomic E-state index is 0.0175. The van der Waals surface area contributed by atoms with Gasteiger partial charge in [-0.25, -0.2) is 5.01 Å². The van der Waals surface area contributed by atoms with Gasteiger partial charge in [-0.05, 0) is 42.2 Å². The van der Waals surface area contributed by atoms with Crippen LogP contribution in [0.5, 0.6) is 0 Å². The van der Waals surface area contributed by atoms with E-state index in [4.69, 9.17) is 17.0 Å². The van der Waals surface area contributed by atoms with Gasteiger partial charge >= 0.3 is 0 Å². The SMILES string of the molecule is C=CCCN1C(=O)C(CC(=O)Nc2ccc3cc[nH]c3c2)N(N2CCOCC2)C1=S. The predicted octanol–water partition coefficient (Wildman–Crippen LogP) is 2.12. The van der Waals surface area contributed by atoms with Crippen molar-refractivity contribution in [2.45, 2.75) is 18.9 Å². The summed E-state index contributed by atoms with van der Waals surface area (Å²) in [5, 5.41) is 8.23. The molecule has 2 saturated heterocycles. The Labute approximate surface area is 180 Å². The van der Waals surface area contributed by atoms with Crippen molar-refractivity contribution >= 4 is 45.7 Å². The van der Waals surface area contributed by atoms with Crippen LogP contribution < -0.4 is 5.32 Å². The number of carbonyl (C=O) groups excluding carboxylic acids is 2. The van der Waals surface area contributed by atoms with Crippen LogP contribution in [0.4, 0.5) is 5.69 Å². The van der Waals surface area contributed by atoms with Crippen LogP contribution in [0, 0.1) is 0 Å². The number of hydrazine groups is 1. The number of rotatable bonds is 7. The van der Waals surface area contributed by atoms with Gasteiger partial charge in [-0.3, -0.25) is 19.5 Å². The van der Waals surface area contributed by atoms with Gasteiger partial charge in [0.25, 0.3) is 5.91 Å². The van der Waals surface area contributed by atoms with E-state index < -0.39 is 6.04 Å². The largest absolute Gasteiger partial charge is 0.379 e. The van der Waals surface area contributed by atoms with Crippen molar-refractivity contribution in [3.05, 3.63) is 43.1 Å². The zero-order valence-corrected chi connectivity index (χ0v) is 17.5. The number of fused-ring (bicyclic) bond motifs is 1. The first-order valence-electron chi connectivity index (χ1n) is 10.0. The highest BCUT2D eigenvalue weighted by Gasteiger charge is 2.46. The first-order valence-corrected chi connectivity index (χ1v) is 10.4. The molecule has 0 radical (unpaired) electrons. The van der Waals surface area contributed by atoms with E-state index in [-0.39, 0.29) is 18.2 Å². The van der Waals surface area contributed by atoms with Gasteiger partial charge in [0, 0.05) is 37.0 Å². The van der Waals surface area contributed by atoms with E-state index in [0.29, 0.717) is 50.1 Å². The Bertz CT molecular complexity index is 968. The van der Waals surface area contributed by atoms with Crippen LogP contribution in [0.3, 0.4) is 0 Å². The third kappa shape index (κ3) is 4.09. The van der Waals surface area contributed by atoms with Gasteiger partial charge in [-0.15, -0.1) is 6.58 Å². The Kier molecular flexibility index (Phi) is 6.12. The molecule has 2 N–H and O–H groups in total. The average molecular weight is 428 g/mol. The zero-order valence-electron chi connectivity index (χ0n) is 16.7. The maximum Gasteiger partial charge on any atom is 0.253 e. The molecule has 0 bridgehead atoms. The topological polar surface area (TPSA) is 80.9 Å². The number of benzene rings is 1. The van der Waals surface area contributed by atoms with Crippen LogP contribution in [0.25, 0.3) is 10.9 Å². The fraction of sp³-hybridized carbons (Fsp3) is 0.381. The molecule has 1 atom stereocenters. The number of hydrogen-bond donors (Lipinski definition) is 2. The third-order valence-electron chi connectivity index (χ3n) is 5.34. The van der Waals surface area contributed by atoms with Crippen molar-refractivity contribution in [1.29, 1.82) is 0 Å². The first-order chi connectivity index (χ1) is 14.6. The maximum atomic E-state index is 13.1. The fourth-order valence-corrected chi connectivity index (χ4v) is 4.26. The molecule has 2 aliphatic heterocycles. The third-order valence-corrected chi connectivity index (χ3v) is 5.75. The van der Waals surface area contributed by atoms with E-state index in [2.05, 4.69) is 16.9 Å². The number of nitrogens with one attached hydrogen (secondary N) is 2. The molecular weight excluding hydrogens is 402 g/mol. The number of nitrogens with zero attached hydrogens (tertiary/aromatic N) is 3. The Morgan fingerprint density at radius 3 is 2.90 bits per heavy atom. The molecule has 2 aromatic rings. The average Bonchev–Trinajstić information content (AvgIpc) is 3.30. The van der Waals surface area contributed by atoms with Crippen molar-refractivity contribution < 1.29 is 14.3 Å². The molecule has 1 aromatic carbocycles. The number of ether oxygens (including phenoxy) is 1. The van der Waals surface area contributed by atoms with E-state index in [1.54, 1.807) is 16.0 Å². The first kappa shape index (κ1) is 20.5. The van der Waals surface area contributed by atoms with Gasteiger partial charge in [0.2, 0.25) is 5.91 Å². The van der Waals surface area contributed by atoms with Gasteiger partial charge in [0.15, 0.2) is 5.11 Å². The van der Waals surface area contributed by atoms with Gasteiger partial charge in [-0.1, -0.05) is 12.1 Å². The number of carbonyl (C=O) groups is 2. The minimum Gasteiger partial charge on any atom is -0.379 e. The zero-order chi connectivity index (χ0) is 21.1. The van der Waals surface area contributed by atoms with Crippen LogP contribution in [-0.4, -0.2) is 75.7 Å². The number of thiocarbonyl (C=S) groups is 1. The summed E-state index contributed by atoms with van der Waals surface area (Å²) in [4.78, 5) is 30.7. The molecule has 9 heteroatoms. The van der Waals surface area contributed by atoms with E-state index >= 15 is 0 Å². The lowest BCUT2D eigenvalue weighted by molar-refractivity contribution is -0.135. The second kappa shape index (κ2) is 8.95. The lowest BCUT2D eigenvalue weighted by atomic mass is 10.1. The summed E-state index contributed by atoms with van der Waals surface area (Å²) in [6.45, 7) is 6.57. The molecule has 2 fully saturated rings. The Balaban J connectivity index is 1.50. The molecule has 0 spiro atoms. The molecule has 1 unspecified atom stereocenters. The molecular formula is C21H25N5O3S. The maximum absolute atomic E-state index is 13.1. The molecule has 4 rings (SSSR count). The van der Waals surface area contributed by atoms with Gasteiger partial charge < -0.3 is 15.0 Å². The smallest absolute Gasteiger partial charge is 0.253 e. The van der Waals surface area contributed by atoms with Gasteiger partial charge in [-0.2, -0.15) is 0 Å². The molecule has 2 amide bonds. The van der Waals surface area contributed by atoms with E-state index in [1.165, 1.54) is 0 Å². The number of anilines is 1. The number of amides is 2. The molecule has 3 heterocycles. The molecule has 2 aliphatic rings. The van der Waals surface area contributed by atoms with Gasteiger partial charge in [0.1, 0.15) is 6.04 Å². The summed E-state index contributed by atoms with van der Waals surface area (Å²) in [6.07, 6.45) is 4.26. The normalized spacial score (nSPS) is 20.2. The number of aromatic nitrogens is 1. The van der Waals surface area contributed by atoms with Gasteiger partial charge in [0.05, 0.1) is 19.6 Å². The summed E-state index contributed by atoms with van der Waals surface area (Å²) >= 11 is 5.61. The molecule has 1 aromatic heterocycles. The second-order valence-corrected chi connectivity index (χ2v) is 7.67. The quantitative estimate of drug-likeness (QED) is 0.520. The van der Waals surface area contributed by atoms with E-state index in [9.17, 15) is 9.59 Å². The number of H-pyrrole nitrogens is 1. The summed E-state index contributed by atoms with van der Waals surface area (Å²) < 4.78 is 5.43. The highest BCUT2D eigenvalue weighted by atomic mass is 32.1. The molecule has 30 heavy (non-hydrogen) atoms. The number of aromatic amines is 1. The van der Waals surface area contributed by atoms with E-state index in [0.717, 1.165) is 10.9 Å². The molecule has 0 saturated carbocycles. The second-order valence-electron chi connectivity index (χ2n) is 7.31. The van der Waals surface area contributed by atoms with Crippen LogP contribution in [0.15, 0.2) is 43.1 Å². The van der Waals surface area contributed by atoms with Crippen molar-refractivity contribution in [2.24, 2.45) is 0 Å². The Morgan fingerprint density at radius 1 is 1.33 bits per heavy atom. The summed E-state index contributed by atoms with van der Waals surface area (Å²) in [7, 11) is 0. The van der Waals surface area contributed by atoms with E-state index in [1.807, 2.05) is 35.5 Å². The lowest BCUT2D eigenvalue weighted by Crippen LogP contribution is -2.54. The summed E-state index contributed by atoms with van der Waals surface area (Å²) in [5.41, 5.74) is 1.63. The van der Waals surface area contributed by atoms with Crippen LogP contribution in [0.1, 0.15) is 12.8 Å². The number of hydrogen-bond acceptors (Lipinski definition) is 5. The Morgan fingerprint density at radius 2 is 2.13 bits per heavy atom. The summed E-state index contributed by atoms with van der Waals surface area (Å²) in [5.74, 6) is -0.380. The fourth-order valence-electron chi connectivity index (χ4n) is 3.84. The minimum atomic E-state index is -0.658. The predicted molar refractivity (Wildman–Crippen MR) is 119 cm³/mol. The van der Waals surface area contributed by atoms with Crippen molar-refractivity contribution in [1.82, 2.24) is 19.9 Å². The standard InChI is InChI=1S/C21H25N5O3S/c1-2-3-8-25-20(28)18(26(21(25)30)24-9-11-29-12-10-24)14-19(27)23-16-5-4-15-6-7-22-17(15)13-16/h2,4-7,13,18,22H,1,3,8-12,14H2,(H,23,27). The molecule has 8 nitrogen and oxygen atoms in total. The van der Waals surface area contributed by atoms with Crippen molar-refractivity contribution in [3.63, 3.8) is 0 Å². The lowest BCUT2D eigenvalue weighted by Gasteiger charge is -2.37. The molecule has 158 valence electrons. The number of morpholine rings is 1. The molecule has 0 aliphatic carbocycles. The monoisotopic (exact) mass is 427 g/mol. The van der Waals surface area contributed by atoms with Crippen LogP contribution in [-0.2, 0) is 14.3 Å². The highest BCUT2D eigenvalue weighted by molar-refractivity contribution is 7.80.